The van der Waals surface area contributed by atoms with Crippen molar-refractivity contribution in [2.75, 3.05) is 11.9 Å². The second-order valence-electron chi connectivity index (χ2n) is 7.16. The molecule has 1 aliphatic heterocycles. The van der Waals surface area contributed by atoms with E-state index < -0.39 is 0 Å². The van der Waals surface area contributed by atoms with Crippen LogP contribution < -0.4 is 15.4 Å². The molecular formula is C22H22FN3O2. The standard InChI is InChI=1S/C22H22FN3O2/c1-14-11-15(7-10-25-14)22(27)26-20-5-6-21(18-8-9-24-13-19(18)20)28-17-4-2-3-16(23)12-17/h2-6,8-9,12-15,25H,7,10-11H2,1H3,(H,26,27)/t14-,15-/m0/s1. The molecule has 0 saturated carbocycles. The van der Waals surface area contributed by atoms with Gasteiger partial charge in [0.25, 0.3) is 0 Å². The van der Waals surface area contributed by atoms with Gasteiger partial charge in [0.15, 0.2) is 0 Å². The first-order valence-electron chi connectivity index (χ1n) is 9.44. The second-order valence-corrected chi connectivity index (χ2v) is 7.16. The van der Waals surface area contributed by atoms with Crippen LogP contribution in [0.2, 0.25) is 0 Å². The van der Waals surface area contributed by atoms with Gasteiger partial charge in [0.2, 0.25) is 5.91 Å². The van der Waals surface area contributed by atoms with Gasteiger partial charge in [-0.25, -0.2) is 4.39 Å². The molecule has 2 aromatic carbocycles. The Bertz CT molecular complexity index is 1010. The third-order valence-electron chi connectivity index (χ3n) is 5.05. The van der Waals surface area contributed by atoms with Crippen molar-refractivity contribution in [1.29, 1.82) is 0 Å². The van der Waals surface area contributed by atoms with Crippen molar-refractivity contribution in [2.45, 2.75) is 25.8 Å². The summed E-state index contributed by atoms with van der Waals surface area (Å²) in [5.41, 5.74) is 0.700. The van der Waals surface area contributed by atoms with E-state index in [-0.39, 0.29) is 17.6 Å². The number of hydrogen-bond acceptors (Lipinski definition) is 4. The van der Waals surface area contributed by atoms with E-state index in [9.17, 15) is 9.18 Å². The molecular weight excluding hydrogens is 357 g/mol. The number of hydrogen-bond donors (Lipinski definition) is 2. The Morgan fingerprint density at radius 1 is 1.25 bits per heavy atom. The zero-order valence-electron chi connectivity index (χ0n) is 15.6. The predicted molar refractivity (Wildman–Crippen MR) is 107 cm³/mol. The molecule has 0 bridgehead atoms. The van der Waals surface area contributed by atoms with Gasteiger partial charge in [-0.15, -0.1) is 0 Å². The molecule has 1 aliphatic rings. The Morgan fingerprint density at radius 2 is 2.14 bits per heavy atom. The Labute approximate surface area is 162 Å². The first-order valence-corrected chi connectivity index (χ1v) is 9.44. The zero-order chi connectivity index (χ0) is 19.5. The fraction of sp³-hybridized carbons (Fsp3) is 0.273. The van der Waals surface area contributed by atoms with Crippen LogP contribution in [0.1, 0.15) is 19.8 Å². The number of nitrogens with one attached hydrogen (secondary N) is 2. The molecule has 0 aliphatic carbocycles. The topological polar surface area (TPSA) is 63.2 Å². The number of amides is 1. The molecule has 144 valence electrons. The lowest BCUT2D eigenvalue weighted by atomic mass is 9.92. The van der Waals surface area contributed by atoms with Gasteiger partial charge in [-0.1, -0.05) is 6.07 Å². The van der Waals surface area contributed by atoms with Crippen LogP contribution in [-0.2, 0) is 4.79 Å². The van der Waals surface area contributed by atoms with E-state index in [1.54, 1.807) is 36.7 Å². The summed E-state index contributed by atoms with van der Waals surface area (Å²) in [7, 11) is 0. The van der Waals surface area contributed by atoms with Crippen LogP contribution >= 0.6 is 0 Å². The van der Waals surface area contributed by atoms with Gasteiger partial charge in [0.1, 0.15) is 17.3 Å². The molecule has 3 aromatic rings. The summed E-state index contributed by atoms with van der Waals surface area (Å²) in [6.45, 7) is 2.94. The lowest BCUT2D eigenvalue weighted by molar-refractivity contribution is -0.120. The maximum Gasteiger partial charge on any atom is 0.227 e. The van der Waals surface area contributed by atoms with Crippen molar-refractivity contribution >= 4 is 22.4 Å². The third-order valence-corrected chi connectivity index (χ3v) is 5.05. The molecule has 4 rings (SSSR count). The van der Waals surface area contributed by atoms with Gasteiger partial charge in [-0.05, 0) is 56.6 Å². The number of aromatic nitrogens is 1. The quantitative estimate of drug-likeness (QED) is 0.701. The number of halogens is 1. The molecule has 0 spiro atoms. The Hall–Kier alpha value is -2.99. The van der Waals surface area contributed by atoms with Gasteiger partial charge in [-0.2, -0.15) is 0 Å². The van der Waals surface area contributed by atoms with Gasteiger partial charge >= 0.3 is 0 Å². The highest BCUT2D eigenvalue weighted by Gasteiger charge is 2.25. The third kappa shape index (κ3) is 3.97. The minimum Gasteiger partial charge on any atom is -0.457 e. The average molecular weight is 379 g/mol. The summed E-state index contributed by atoms with van der Waals surface area (Å²) in [6.07, 6.45) is 5.02. The fourth-order valence-electron chi connectivity index (χ4n) is 3.62. The minimum absolute atomic E-state index is 0.00816. The normalized spacial score (nSPS) is 19.4. The number of benzene rings is 2. The number of carbonyl (C=O) groups excluding carboxylic acids is 1. The fourth-order valence-corrected chi connectivity index (χ4v) is 3.62. The van der Waals surface area contributed by atoms with Crippen LogP contribution in [0.4, 0.5) is 10.1 Å². The Morgan fingerprint density at radius 3 is 2.96 bits per heavy atom. The Balaban J connectivity index is 1.61. The Kier molecular flexibility index (Phi) is 5.21. The summed E-state index contributed by atoms with van der Waals surface area (Å²) < 4.78 is 19.3. The predicted octanol–water partition coefficient (Wildman–Crippen LogP) is 4.49. The van der Waals surface area contributed by atoms with Crippen LogP contribution in [0.25, 0.3) is 10.8 Å². The number of pyridine rings is 1. The lowest BCUT2D eigenvalue weighted by Gasteiger charge is -2.27. The first kappa shape index (κ1) is 18.4. The largest absolute Gasteiger partial charge is 0.457 e. The van der Waals surface area contributed by atoms with Crippen LogP contribution in [0, 0.1) is 11.7 Å². The number of nitrogens with zero attached hydrogens (tertiary/aromatic N) is 1. The molecule has 28 heavy (non-hydrogen) atoms. The van der Waals surface area contributed by atoms with Gasteiger partial charge in [-0.3, -0.25) is 9.78 Å². The van der Waals surface area contributed by atoms with Crippen molar-refractivity contribution in [1.82, 2.24) is 10.3 Å². The smallest absolute Gasteiger partial charge is 0.227 e. The summed E-state index contributed by atoms with van der Waals surface area (Å²) in [5, 5.41) is 8.00. The van der Waals surface area contributed by atoms with Crippen molar-refractivity contribution in [3.05, 3.63) is 60.7 Å². The molecule has 1 amide bonds. The number of piperidine rings is 1. The molecule has 0 radical (unpaired) electrons. The van der Waals surface area contributed by atoms with Crippen LogP contribution in [0.3, 0.4) is 0 Å². The molecule has 2 N–H and O–H groups in total. The van der Waals surface area contributed by atoms with Crippen molar-refractivity contribution in [3.63, 3.8) is 0 Å². The highest BCUT2D eigenvalue weighted by molar-refractivity contribution is 6.04. The summed E-state index contributed by atoms with van der Waals surface area (Å²) in [4.78, 5) is 16.9. The molecule has 1 aromatic heterocycles. The van der Waals surface area contributed by atoms with Crippen LogP contribution in [0.15, 0.2) is 54.9 Å². The average Bonchev–Trinajstić information content (AvgIpc) is 2.70. The maximum absolute atomic E-state index is 13.5. The van der Waals surface area contributed by atoms with E-state index in [1.807, 2.05) is 6.07 Å². The van der Waals surface area contributed by atoms with Gasteiger partial charge in [0, 0.05) is 41.2 Å². The van der Waals surface area contributed by atoms with Crippen molar-refractivity contribution < 1.29 is 13.9 Å². The number of carbonyl (C=O) groups is 1. The number of anilines is 1. The zero-order valence-corrected chi connectivity index (χ0v) is 15.6. The van der Waals surface area contributed by atoms with Gasteiger partial charge in [0.05, 0.1) is 5.69 Å². The molecule has 2 atom stereocenters. The van der Waals surface area contributed by atoms with E-state index in [4.69, 9.17) is 4.74 Å². The maximum atomic E-state index is 13.5. The summed E-state index contributed by atoms with van der Waals surface area (Å²) >= 11 is 0. The summed E-state index contributed by atoms with van der Waals surface area (Å²) in [5.74, 6) is 0.655. The van der Waals surface area contributed by atoms with E-state index in [1.165, 1.54) is 12.1 Å². The monoisotopic (exact) mass is 379 g/mol. The molecule has 2 heterocycles. The number of fused-ring (bicyclic) bond motifs is 1. The van der Waals surface area contributed by atoms with E-state index >= 15 is 0 Å². The first-order chi connectivity index (χ1) is 13.6. The van der Waals surface area contributed by atoms with Crippen molar-refractivity contribution in [2.24, 2.45) is 5.92 Å². The van der Waals surface area contributed by atoms with Crippen molar-refractivity contribution in [3.8, 4) is 11.5 Å². The van der Waals surface area contributed by atoms with E-state index in [2.05, 4.69) is 22.5 Å². The van der Waals surface area contributed by atoms with Crippen LogP contribution in [0.5, 0.6) is 11.5 Å². The second kappa shape index (κ2) is 7.94. The molecule has 5 nitrogen and oxygen atoms in total. The molecule has 6 heteroatoms. The SMILES string of the molecule is C[C@H]1C[C@@H](C(=O)Nc2ccc(Oc3cccc(F)c3)c3ccncc23)CCN1. The van der Waals surface area contributed by atoms with E-state index in [0.29, 0.717) is 23.2 Å². The number of rotatable bonds is 4. The number of ether oxygens (including phenoxy) is 1. The highest BCUT2D eigenvalue weighted by Crippen LogP contribution is 2.34. The van der Waals surface area contributed by atoms with E-state index in [0.717, 1.165) is 30.2 Å². The lowest BCUT2D eigenvalue weighted by Crippen LogP contribution is -2.40. The van der Waals surface area contributed by atoms with Gasteiger partial charge < -0.3 is 15.4 Å². The van der Waals surface area contributed by atoms with Crippen LogP contribution in [-0.4, -0.2) is 23.5 Å². The molecule has 1 fully saturated rings. The molecule has 0 unspecified atom stereocenters. The summed E-state index contributed by atoms with van der Waals surface area (Å²) in [6, 6.07) is 11.8. The minimum atomic E-state index is -0.358. The molecule has 1 saturated heterocycles. The highest BCUT2D eigenvalue weighted by atomic mass is 19.1.